The van der Waals surface area contributed by atoms with Crippen molar-refractivity contribution >= 4 is 5.69 Å². The number of aliphatic hydroxyl groups is 1. The van der Waals surface area contributed by atoms with E-state index in [4.69, 9.17) is 5.11 Å². The van der Waals surface area contributed by atoms with Crippen molar-refractivity contribution in [1.29, 1.82) is 0 Å². The molecule has 0 saturated carbocycles. The summed E-state index contributed by atoms with van der Waals surface area (Å²) >= 11 is 0. The molecule has 0 aromatic heterocycles. The molecule has 102 valence electrons. The molecule has 1 rings (SSSR count). The van der Waals surface area contributed by atoms with Gasteiger partial charge >= 0.3 is 0 Å². The van der Waals surface area contributed by atoms with Crippen LogP contribution in [0.25, 0.3) is 0 Å². The summed E-state index contributed by atoms with van der Waals surface area (Å²) in [6, 6.07) is 5.13. The molecule has 0 spiro atoms. The largest absolute Gasteiger partial charge is 0.392 e. The molecule has 0 fully saturated rings. The first-order chi connectivity index (χ1) is 8.58. The number of benzene rings is 1. The Labute approximate surface area is 109 Å². The average molecular weight is 253 g/mol. The third-order valence-corrected chi connectivity index (χ3v) is 3.08. The summed E-state index contributed by atoms with van der Waals surface area (Å²) in [5, 5.41) is 9.14. The zero-order valence-corrected chi connectivity index (χ0v) is 11.6. The number of hydrogen-bond donors (Lipinski definition) is 1. The lowest BCUT2D eigenvalue weighted by atomic mass is 10.1. The smallest absolute Gasteiger partial charge is 0.125 e. The van der Waals surface area contributed by atoms with Gasteiger partial charge in [0.25, 0.3) is 0 Å². The molecule has 0 bridgehead atoms. The predicted molar refractivity (Wildman–Crippen MR) is 74.3 cm³/mol. The molecule has 0 saturated heterocycles. The van der Waals surface area contributed by atoms with Gasteiger partial charge in [-0.2, -0.15) is 0 Å². The Morgan fingerprint density at radius 3 is 2.50 bits per heavy atom. The monoisotopic (exact) mass is 253 g/mol. The zero-order chi connectivity index (χ0) is 13.5. The Balaban J connectivity index is 2.87. The normalized spacial score (nSPS) is 11.0. The number of halogens is 1. The van der Waals surface area contributed by atoms with Crippen LogP contribution in [0.15, 0.2) is 18.2 Å². The Morgan fingerprint density at radius 1 is 1.22 bits per heavy atom. The molecule has 0 aliphatic rings. The van der Waals surface area contributed by atoms with Crippen molar-refractivity contribution in [1.82, 2.24) is 0 Å². The van der Waals surface area contributed by atoms with Crippen molar-refractivity contribution in [2.75, 3.05) is 11.4 Å². The van der Waals surface area contributed by atoms with Crippen LogP contribution in [0.5, 0.6) is 0 Å². The van der Waals surface area contributed by atoms with Crippen LogP contribution in [0.1, 0.15) is 45.6 Å². The van der Waals surface area contributed by atoms with Gasteiger partial charge in [0.2, 0.25) is 0 Å². The molecule has 0 aliphatic heterocycles. The summed E-state index contributed by atoms with van der Waals surface area (Å²) in [7, 11) is 0. The van der Waals surface area contributed by atoms with Gasteiger partial charge < -0.3 is 10.0 Å². The molecule has 0 aliphatic carbocycles. The van der Waals surface area contributed by atoms with E-state index >= 15 is 0 Å². The highest BCUT2D eigenvalue weighted by molar-refractivity contribution is 5.49. The van der Waals surface area contributed by atoms with Crippen molar-refractivity contribution in [3.8, 4) is 0 Å². The fraction of sp³-hybridized carbons (Fsp3) is 0.600. The van der Waals surface area contributed by atoms with Crippen LogP contribution >= 0.6 is 0 Å². The highest BCUT2D eigenvalue weighted by Crippen LogP contribution is 2.21. The molecule has 0 atom stereocenters. The van der Waals surface area contributed by atoms with Crippen LogP contribution in [0, 0.1) is 5.82 Å². The van der Waals surface area contributed by atoms with Gasteiger partial charge in [-0.25, -0.2) is 4.39 Å². The summed E-state index contributed by atoms with van der Waals surface area (Å²) in [5.41, 5.74) is 1.50. The molecule has 0 unspecified atom stereocenters. The van der Waals surface area contributed by atoms with E-state index in [0.29, 0.717) is 11.6 Å². The SMILES string of the molecule is CCCCCN(c1cc(F)cc(CO)c1)C(C)C. The predicted octanol–water partition coefficient (Wildman–Crippen LogP) is 3.72. The first-order valence-corrected chi connectivity index (χ1v) is 6.75. The number of anilines is 1. The Bertz CT molecular complexity index is 366. The van der Waals surface area contributed by atoms with Gasteiger partial charge in [-0.05, 0) is 44.0 Å². The molecule has 1 N–H and O–H groups in total. The maximum absolute atomic E-state index is 13.5. The molecular weight excluding hydrogens is 229 g/mol. The highest BCUT2D eigenvalue weighted by atomic mass is 19.1. The van der Waals surface area contributed by atoms with E-state index in [1.807, 2.05) is 6.07 Å². The summed E-state index contributed by atoms with van der Waals surface area (Å²) < 4.78 is 13.5. The number of nitrogens with zero attached hydrogens (tertiary/aromatic N) is 1. The van der Waals surface area contributed by atoms with E-state index in [9.17, 15) is 4.39 Å². The van der Waals surface area contributed by atoms with Crippen molar-refractivity contribution in [3.05, 3.63) is 29.6 Å². The average Bonchev–Trinajstić information content (AvgIpc) is 2.33. The minimum atomic E-state index is -0.280. The highest BCUT2D eigenvalue weighted by Gasteiger charge is 2.12. The van der Waals surface area contributed by atoms with E-state index in [-0.39, 0.29) is 12.4 Å². The number of rotatable bonds is 7. The lowest BCUT2D eigenvalue weighted by Crippen LogP contribution is -2.31. The van der Waals surface area contributed by atoms with E-state index in [2.05, 4.69) is 25.7 Å². The molecule has 0 heterocycles. The van der Waals surface area contributed by atoms with Crippen LogP contribution in [0.4, 0.5) is 10.1 Å². The molecule has 1 aromatic rings. The maximum Gasteiger partial charge on any atom is 0.125 e. The fourth-order valence-electron chi connectivity index (χ4n) is 2.11. The third kappa shape index (κ3) is 4.30. The third-order valence-electron chi connectivity index (χ3n) is 3.08. The molecule has 3 heteroatoms. The molecule has 0 amide bonds. The second-order valence-corrected chi connectivity index (χ2v) is 4.97. The van der Waals surface area contributed by atoms with E-state index in [1.165, 1.54) is 18.9 Å². The summed E-state index contributed by atoms with van der Waals surface area (Å²) in [6.45, 7) is 7.20. The Morgan fingerprint density at radius 2 is 1.94 bits per heavy atom. The van der Waals surface area contributed by atoms with Crippen LogP contribution < -0.4 is 4.90 Å². The lowest BCUT2D eigenvalue weighted by Gasteiger charge is -2.29. The van der Waals surface area contributed by atoms with Crippen molar-refractivity contribution in [2.45, 2.75) is 52.7 Å². The number of hydrogen-bond acceptors (Lipinski definition) is 2. The van der Waals surface area contributed by atoms with E-state index in [1.54, 1.807) is 6.07 Å². The standard InChI is InChI=1S/C15H24FNO/c1-4-5-6-7-17(12(2)3)15-9-13(11-18)8-14(16)10-15/h8-10,12,18H,4-7,11H2,1-3H3. The van der Waals surface area contributed by atoms with Gasteiger partial charge in [-0.1, -0.05) is 19.8 Å². The van der Waals surface area contributed by atoms with Gasteiger partial charge in [-0.3, -0.25) is 0 Å². The molecule has 2 nitrogen and oxygen atoms in total. The van der Waals surface area contributed by atoms with Gasteiger partial charge in [0.1, 0.15) is 5.82 Å². The van der Waals surface area contributed by atoms with Gasteiger partial charge in [-0.15, -0.1) is 0 Å². The summed E-state index contributed by atoms with van der Waals surface area (Å²) in [4.78, 5) is 2.19. The fourth-order valence-corrected chi connectivity index (χ4v) is 2.11. The van der Waals surface area contributed by atoms with E-state index in [0.717, 1.165) is 18.7 Å². The summed E-state index contributed by atoms with van der Waals surface area (Å²) in [5.74, 6) is -0.280. The second-order valence-electron chi connectivity index (χ2n) is 4.97. The molecule has 0 radical (unpaired) electrons. The van der Waals surface area contributed by atoms with E-state index < -0.39 is 0 Å². The van der Waals surface area contributed by atoms with Gasteiger partial charge in [0, 0.05) is 18.3 Å². The molecule has 1 aromatic carbocycles. The van der Waals surface area contributed by atoms with Gasteiger partial charge in [0.15, 0.2) is 0 Å². The van der Waals surface area contributed by atoms with Crippen molar-refractivity contribution < 1.29 is 9.50 Å². The first kappa shape index (κ1) is 15.0. The van der Waals surface area contributed by atoms with Crippen molar-refractivity contribution in [2.24, 2.45) is 0 Å². The minimum absolute atomic E-state index is 0.119. The lowest BCUT2D eigenvalue weighted by molar-refractivity contribution is 0.281. The number of unbranched alkanes of at least 4 members (excludes halogenated alkanes) is 2. The minimum Gasteiger partial charge on any atom is -0.392 e. The van der Waals surface area contributed by atoms with Crippen LogP contribution in [0.2, 0.25) is 0 Å². The molecule has 18 heavy (non-hydrogen) atoms. The van der Waals surface area contributed by atoms with Crippen LogP contribution in [-0.2, 0) is 6.61 Å². The quantitative estimate of drug-likeness (QED) is 0.749. The Hall–Kier alpha value is -1.09. The number of aliphatic hydroxyl groups excluding tert-OH is 1. The first-order valence-electron chi connectivity index (χ1n) is 6.75. The van der Waals surface area contributed by atoms with Crippen LogP contribution in [0.3, 0.4) is 0 Å². The Kier molecular flexibility index (Phi) is 6.13. The van der Waals surface area contributed by atoms with Crippen LogP contribution in [-0.4, -0.2) is 17.7 Å². The molecular formula is C15H24FNO. The van der Waals surface area contributed by atoms with Crippen molar-refractivity contribution in [3.63, 3.8) is 0 Å². The zero-order valence-electron chi connectivity index (χ0n) is 11.6. The van der Waals surface area contributed by atoms with Gasteiger partial charge in [0.05, 0.1) is 6.61 Å². The topological polar surface area (TPSA) is 23.5 Å². The second kappa shape index (κ2) is 7.37. The maximum atomic E-state index is 13.5. The summed E-state index contributed by atoms with van der Waals surface area (Å²) in [6.07, 6.45) is 3.47.